The summed E-state index contributed by atoms with van der Waals surface area (Å²) in [5.74, 6) is -0.139. The van der Waals surface area contributed by atoms with Crippen LogP contribution in [-0.2, 0) is 4.79 Å². The van der Waals surface area contributed by atoms with Gasteiger partial charge in [0.15, 0.2) is 5.16 Å². The summed E-state index contributed by atoms with van der Waals surface area (Å²) in [7, 11) is 0. The lowest BCUT2D eigenvalue weighted by atomic mass is 10.0. The second-order valence-corrected chi connectivity index (χ2v) is 8.86. The molecule has 0 aliphatic carbocycles. The van der Waals surface area contributed by atoms with Crippen LogP contribution in [0.3, 0.4) is 0 Å². The molecule has 0 radical (unpaired) electrons. The molecule has 1 saturated heterocycles. The lowest BCUT2D eigenvalue weighted by Crippen LogP contribution is -2.44. The van der Waals surface area contributed by atoms with E-state index in [0.717, 1.165) is 32.2 Å². The standard InChI is InChI=1S/C24H26FN3O2S/c1-3-17-8-6-7-13-27(17)22(29)15-31-24-26-21-10-5-4-9-19(21)23(30)28(24)18-12-11-16(2)20(25)14-18/h4-5,9-12,14,17H,3,6-8,13,15H2,1-2H3. The van der Waals surface area contributed by atoms with E-state index in [1.165, 1.54) is 22.4 Å². The van der Waals surface area contributed by atoms with Crippen LogP contribution < -0.4 is 5.56 Å². The minimum absolute atomic E-state index is 0.0561. The second kappa shape index (κ2) is 9.22. The van der Waals surface area contributed by atoms with Crippen LogP contribution in [0.15, 0.2) is 52.4 Å². The van der Waals surface area contributed by atoms with Crippen LogP contribution in [0.25, 0.3) is 16.6 Å². The molecule has 1 amide bonds. The lowest BCUT2D eigenvalue weighted by molar-refractivity contribution is -0.132. The Labute approximate surface area is 185 Å². The molecule has 2 heterocycles. The van der Waals surface area contributed by atoms with Crippen molar-refractivity contribution in [3.05, 3.63) is 64.2 Å². The van der Waals surface area contributed by atoms with E-state index in [0.29, 0.717) is 27.3 Å². The number of aryl methyl sites for hydroxylation is 1. The highest BCUT2D eigenvalue weighted by Gasteiger charge is 2.26. The summed E-state index contributed by atoms with van der Waals surface area (Å²) in [4.78, 5) is 32.9. The number of benzene rings is 2. The van der Waals surface area contributed by atoms with Gasteiger partial charge < -0.3 is 4.90 Å². The molecule has 0 N–H and O–H groups in total. The molecule has 3 aromatic rings. The van der Waals surface area contributed by atoms with Crippen LogP contribution in [0.4, 0.5) is 4.39 Å². The van der Waals surface area contributed by atoms with Gasteiger partial charge in [-0.1, -0.05) is 36.9 Å². The molecule has 1 unspecified atom stereocenters. The van der Waals surface area contributed by atoms with Crippen LogP contribution in [0, 0.1) is 12.7 Å². The lowest BCUT2D eigenvalue weighted by Gasteiger charge is -2.35. The number of hydrogen-bond donors (Lipinski definition) is 0. The van der Waals surface area contributed by atoms with Gasteiger partial charge in [0.25, 0.3) is 5.56 Å². The predicted molar refractivity (Wildman–Crippen MR) is 122 cm³/mol. The van der Waals surface area contributed by atoms with Crippen LogP contribution in [0.5, 0.6) is 0 Å². The summed E-state index contributed by atoms with van der Waals surface area (Å²) in [6, 6.07) is 12.1. The zero-order chi connectivity index (χ0) is 22.0. The summed E-state index contributed by atoms with van der Waals surface area (Å²) >= 11 is 1.23. The van der Waals surface area contributed by atoms with Gasteiger partial charge in [-0.3, -0.25) is 14.2 Å². The van der Waals surface area contributed by atoms with Crippen molar-refractivity contribution in [1.29, 1.82) is 0 Å². The Kier molecular flexibility index (Phi) is 6.41. The Morgan fingerprint density at radius 1 is 1.23 bits per heavy atom. The molecule has 0 spiro atoms. The van der Waals surface area contributed by atoms with Crippen LogP contribution in [0.2, 0.25) is 0 Å². The Morgan fingerprint density at radius 3 is 2.81 bits per heavy atom. The monoisotopic (exact) mass is 439 g/mol. The Morgan fingerprint density at radius 2 is 2.03 bits per heavy atom. The number of carbonyl (C=O) groups is 1. The van der Waals surface area contributed by atoms with Crippen molar-refractivity contribution in [2.75, 3.05) is 12.3 Å². The van der Waals surface area contributed by atoms with Crippen LogP contribution in [0.1, 0.15) is 38.2 Å². The van der Waals surface area contributed by atoms with E-state index >= 15 is 0 Å². The maximum absolute atomic E-state index is 14.3. The van der Waals surface area contributed by atoms with Crippen LogP contribution in [-0.4, -0.2) is 38.7 Å². The molecule has 1 atom stereocenters. The van der Waals surface area contributed by atoms with Gasteiger partial charge in [-0.25, -0.2) is 9.37 Å². The first kappa shape index (κ1) is 21.6. The predicted octanol–water partition coefficient (Wildman–Crippen LogP) is 4.72. The van der Waals surface area contributed by atoms with Gasteiger partial charge in [0, 0.05) is 12.6 Å². The SMILES string of the molecule is CCC1CCCCN1C(=O)CSc1nc2ccccc2c(=O)n1-c1ccc(C)c(F)c1. The quantitative estimate of drug-likeness (QED) is 0.427. The Balaban J connectivity index is 1.71. The molecule has 5 nitrogen and oxygen atoms in total. The first-order valence-electron chi connectivity index (χ1n) is 10.7. The first-order valence-corrected chi connectivity index (χ1v) is 11.7. The average Bonchev–Trinajstić information content (AvgIpc) is 2.79. The number of piperidine rings is 1. The zero-order valence-electron chi connectivity index (χ0n) is 17.8. The molecule has 162 valence electrons. The van der Waals surface area contributed by atoms with Gasteiger partial charge in [-0.2, -0.15) is 0 Å². The molecule has 0 bridgehead atoms. The summed E-state index contributed by atoms with van der Waals surface area (Å²) in [6.45, 7) is 4.56. The topological polar surface area (TPSA) is 55.2 Å². The van der Waals surface area contributed by atoms with Gasteiger partial charge >= 0.3 is 0 Å². The molecule has 1 aliphatic heterocycles. The number of thioether (sulfide) groups is 1. The molecular weight excluding hydrogens is 413 g/mol. The number of likely N-dealkylation sites (tertiary alicyclic amines) is 1. The minimum Gasteiger partial charge on any atom is -0.339 e. The van der Waals surface area contributed by atoms with E-state index in [2.05, 4.69) is 11.9 Å². The normalized spacial score (nSPS) is 16.6. The van der Waals surface area contributed by atoms with Gasteiger partial charge in [0.2, 0.25) is 5.91 Å². The molecule has 7 heteroatoms. The number of fused-ring (bicyclic) bond motifs is 1. The van der Waals surface area contributed by atoms with E-state index in [-0.39, 0.29) is 29.1 Å². The molecule has 4 rings (SSSR count). The van der Waals surface area contributed by atoms with Gasteiger partial charge in [0.05, 0.1) is 22.3 Å². The van der Waals surface area contributed by atoms with Crippen molar-refractivity contribution >= 4 is 28.6 Å². The number of nitrogens with zero attached hydrogens (tertiary/aromatic N) is 3. The molecule has 2 aromatic carbocycles. The largest absolute Gasteiger partial charge is 0.339 e. The molecule has 1 fully saturated rings. The number of rotatable bonds is 5. The van der Waals surface area contributed by atoms with Gasteiger partial charge in [-0.15, -0.1) is 0 Å². The smallest absolute Gasteiger partial charge is 0.266 e. The molecule has 0 saturated carbocycles. The molecular formula is C24H26FN3O2S. The van der Waals surface area contributed by atoms with Crippen molar-refractivity contribution in [2.45, 2.75) is 50.7 Å². The molecule has 1 aromatic heterocycles. The third-order valence-corrected chi connectivity index (χ3v) is 6.83. The Hall–Kier alpha value is -2.67. The van der Waals surface area contributed by atoms with Crippen molar-refractivity contribution in [2.24, 2.45) is 0 Å². The number of halogens is 1. The highest BCUT2D eigenvalue weighted by Crippen LogP contribution is 2.25. The summed E-state index contributed by atoms with van der Waals surface area (Å²) < 4.78 is 15.7. The third-order valence-electron chi connectivity index (χ3n) is 5.90. The molecule has 1 aliphatic rings. The number of amides is 1. The van der Waals surface area contributed by atoms with Crippen molar-refractivity contribution in [3.8, 4) is 5.69 Å². The van der Waals surface area contributed by atoms with E-state index in [1.807, 2.05) is 11.0 Å². The van der Waals surface area contributed by atoms with Crippen molar-refractivity contribution < 1.29 is 9.18 Å². The van der Waals surface area contributed by atoms with Crippen LogP contribution >= 0.6 is 11.8 Å². The minimum atomic E-state index is -0.385. The number of para-hydroxylation sites is 1. The maximum atomic E-state index is 14.3. The van der Waals surface area contributed by atoms with Gasteiger partial charge in [-0.05, 0) is 62.4 Å². The molecule has 31 heavy (non-hydrogen) atoms. The summed E-state index contributed by atoms with van der Waals surface area (Å²) in [5.41, 5.74) is 1.21. The van der Waals surface area contributed by atoms with Gasteiger partial charge in [0.1, 0.15) is 5.82 Å². The van der Waals surface area contributed by atoms with Crippen molar-refractivity contribution in [1.82, 2.24) is 14.5 Å². The van der Waals surface area contributed by atoms with Crippen molar-refractivity contribution in [3.63, 3.8) is 0 Å². The van der Waals surface area contributed by atoms with E-state index in [9.17, 15) is 14.0 Å². The highest BCUT2D eigenvalue weighted by molar-refractivity contribution is 7.99. The fourth-order valence-corrected chi connectivity index (χ4v) is 5.02. The van der Waals surface area contributed by atoms with E-state index < -0.39 is 0 Å². The number of aromatic nitrogens is 2. The summed E-state index contributed by atoms with van der Waals surface area (Å²) in [5, 5.41) is 0.853. The number of carbonyl (C=O) groups excluding carboxylic acids is 1. The zero-order valence-corrected chi connectivity index (χ0v) is 18.6. The second-order valence-electron chi connectivity index (χ2n) is 7.92. The Bertz CT molecular complexity index is 1180. The van der Waals surface area contributed by atoms with E-state index in [1.54, 1.807) is 37.3 Å². The fourth-order valence-electron chi connectivity index (χ4n) is 4.12. The first-order chi connectivity index (χ1) is 15.0. The average molecular weight is 440 g/mol. The maximum Gasteiger partial charge on any atom is 0.266 e. The number of hydrogen-bond acceptors (Lipinski definition) is 4. The fraction of sp³-hybridized carbons (Fsp3) is 0.375. The highest BCUT2D eigenvalue weighted by atomic mass is 32.2. The summed E-state index contributed by atoms with van der Waals surface area (Å²) in [6.07, 6.45) is 4.15. The van der Waals surface area contributed by atoms with E-state index in [4.69, 9.17) is 0 Å². The third kappa shape index (κ3) is 4.37.